The minimum absolute atomic E-state index is 0.0744. The molecule has 0 unspecified atom stereocenters. The fourth-order valence-corrected chi connectivity index (χ4v) is 8.40. The van der Waals surface area contributed by atoms with Crippen LogP contribution >= 0.6 is 0 Å². The number of unbranched alkanes of at least 4 members (excludes halogenated alkanes) is 35. The van der Waals surface area contributed by atoms with Gasteiger partial charge in [0.25, 0.3) is 0 Å². The molecule has 0 aliphatic heterocycles. The van der Waals surface area contributed by atoms with Crippen LogP contribution in [0.2, 0.25) is 0 Å². The van der Waals surface area contributed by atoms with E-state index in [2.05, 4.69) is 57.2 Å². The Kier molecular flexibility index (Phi) is 52.3. The van der Waals surface area contributed by atoms with Gasteiger partial charge in [0.1, 0.15) is 13.2 Å². The van der Waals surface area contributed by atoms with Crippen LogP contribution in [0.1, 0.15) is 303 Å². The predicted octanol–water partition coefficient (Wildman–Crippen LogP) is 18.9. The number of hydrogen-bond acceptors (Lipinski definition) is 6. The van der Waals surface area contributed by atoms with Crippen LogP contribution in [0.15, 0.2) is 36.5 Å². The summed E-state index contributed by atoms with van der Waals surface area (Å²) in [4.78, 5) is 38.1. The normalized spacial score (nSPS) is 12.2. The van der Waals surface area contributed by atoms with E-state index in [9.17, 15) is 14.4 Å². The van der Waals surface area contributed by atoms with Crippen molar-refractivity contribution in [1.29, 1.82) is 0 Å². The van der Waals surface area contributed by atoms with E-state index in [0.29, 0.717) is 19.3 Å². The molecule has 0 bridgehead atoms. The lowest BCUT2D eigenvalue weighted by Gasteiger charge is -2.18. The Labute approximate surface area is 404 Å². The molecule has 380 valence electrons. The van der Waals surface area contributed by atoms with Crippen molar-refractivity contribution in [2.24, 2.45) is 0 Å². The number of esters is 3. The molecule has 1 atom stereocenters. The maximum atomic E-state index is 12.8. The molecule has 6 heteroatoms. The summed E-state index contributed by atoms with van der Waals surface area (Å²) in [5.74, 6) is -0.873. The summed E-state index contributed by atoms with van der Waals surface area (Å²) < 4.78 is 16.9. The third-order valence-electron chi connectivity index (χ3n) is 12.7. The second kappa shape index (κ2) is 54.2. The molecule has 0 aliphatic rings. The Hall–Kier alpha value is -2.37. The molecule has 0 aromatic carbocycles. The molecule has 65 heavy (non-hydrogen) atoms. The van der Waals surface area contributed by atoms with Crippen molar-refractivity contribution in [2.75, 3.05) is 13.2 Å². The van der Waals surface area contributed by atoms with Crippen LogP contribution in [0.5, 0.6) is 0 Å². The molecule has 0 radical (unpaired) electrons. The molecule has 0 fully saturated rings. The molecule has 0 N–H and O–H groups in total. The second-order valence-corrected chi connectivity index (χ2v) is 19.2. The highest BCUT2D eigenvalue weighted by atomic mass is 16.6. The summed E-state index contributed by atoms with van der Waals surface area (Å²) in [5.41, 5.74) is 0. The van der Waals surface area contributed by atoms with E-state index < -0.39 is 6.10 Å². The van der Waals surface area contributed by atoms with Crippen LogP contribution in [0, 0.1) is 0 Å². The third kappa shape index (κ3) is 52.5. The molecular formula is C59H108O6. The van der Waals surface area contributed by atoms with Crippen LogP contribution in [-0.2, 0) is 28.6 Å². The van der Waals surface area contributed by atoms with E-state index in [4.69, 9.17) is 14.2 Å². The standard InChI is InChI=1S/C59H108O6/c1-4-7-10-13-16-19-22-25-28-29-30-32-34-37-40-43-46-49-52-58(61)64-55-56(54-63-57(60)51-48-45-42-39-36-33-27-24-21-18-15-12-9-6-3)65-59(62)53-50-47-44-41-38-35-31-26-23-20-17-14-11-8-5-2/h8,11,17,20,26,31,56H,4-7,9-10,12-16,18-19,21-25,27-30,32-55H2,1-3H3/b11-8-,20-17-,31-26-/t56-/m1/s1. The van der Waals surface area contributed by atoms with Gasteiger partial charge in [-0.3, -0.25) is 14.4 Å². The summed E-state index contributed by atoms with van der Waals surface area (Å²) in [6.07, 6.45) is 64.2. The largest absolute Gasteiger partial charge is 0.462 e. The molecule has 0 rings (SSSR count). The smallest absolute Gasteiger partial charge is 0.306 e. The zero-order chi connectivity index (χ0) is 47.2. The molecule has 0 saturated heterocycles. The lowest BCUT2D eigenvalue weighted by atomic mass is 10.0. The highest BCUT2D eigenvalue weighted by Crippen LogP contribution is 2.17. The fourth-order valence-electron chi connectivity index (χ4n) is 8.40. The summed E-state index contributed by atoms with van der Waals surface area (Å²) in [7, 11) is 0. The lowest BCUT2D eigenvalue weighted by molar-refractivity contribution is -0.167. The van der Waals surface area contributed by atoms with Crippen molar-refractivity contribution in [3.05, 3.63) is 36.5 Å². The van der Waals surface area contributed by atoms with Gasteiger partial charge < -0.3 is 14.2 Å². The summed E-state index contributed by atoms with van der Waals surface area (Å²) in [6, 6.07) is 0. The van der Waals surface area contributed by atoms with E-state index in [1.165, 1.54) is 167 Å². The van der Waals surface area contributed by atoms with E-state index in [1.807, 2.05) is 0 Å². The molecule has 0 aromatic rings. The first-order chi connectivity index (χ1) is 32.0. The zero-order valence-electron chi connectivity index (χ0n) is 43.5. The molecule has 0 saturated carbocycles. The maximum absolute atomic E-state index is 12.8. The molecule has 0 amide bonds. The van der Waals surface area contributed by atoms with Crippen LogP contribution in [-0.4, -0.2) is 37.2 Å². The Bertz CT molecular complexity index is 1090. The van der Waals surface area contributed by atoms with Crippen LogP contribution in [0.25, 0.3) is 0 Å². The molecule has 0 heterocycles. The van der Waals surface area contributed by atoms with Gasteiger partial charge in [-0.05, 0) is 51.4 Å². The first-order valence-electron chi connectivity index (χ1n) is 28.5. The van der Waals surface area contributed by atoms with E-state index in [1.54, 1.807) is 0 Å². The average Bonchev–Trinajstić information content (AvgIpc) is 3.30. The van der Waals surface area contributed by atoms with Crippen molar-refractivity contribution in [2.45, 2.75) is 309 Å². The zero-order valence-corrected chi connectivity index (χ0v) is 43.5. The van der Waals surface area contributed by atoms with E-state index in [-0.39, 0.29) is 31.1 Å². The molecule has 0 aromatic heterocycles. The summed E-state index contributed by atoms with van der Waals surface area (Å²) in [5, 5.41) is 0. The fraction of sp³-hybridized carbons (Fsp3) is 0.847. The highest BCUT2D eigenvalue weighted by Gasteiger charge is 2.19. The van der Waals surface area contributed by atoms with Crippen LogP contribution in [0.3, 0.4) is 0 Å². The second-order valence-electron chi connectivity index (χ2n) is 19.2. The molecular weight excluding hydrogens is 805 g/mol. The SMILES string of the molecule is CC/C=C\C/C=C\C/C=C\CCCCCCCC(=O)O[C@H](COC(=O)CCCCCCCCCCCCCCCC)COC(=O)CCCCCCCCCCCCCCCCCCCC. The van der Waals surface area contributed by atoms with Crippen molar-refractivity contribution in [3.63, 3.8) is 0 Å². The van der Waals surface area contributed by atoms with Gasteiger partial charge in [-0.2, -0.15) is 0 Å². The average molecular weight is 914 g/mol. The Morgan fingerprint density at radius 1 is 0.323 bits per heavy atom. The van der Waals surface area contributed by atoms with Crippen molar-refractivity contribution in [1.82, 2.24) is 0 Å². The Balaban J connectivity index is 4.34. The monoisotopic (exact) mass is 913 g/mol. The molecule has 0 aliphatic carbocycles. The number of allylic oxidation sites excluding steroid dienone is 6. The first-order valence-corrected chi connectivity index (χ1v) is 28.5. The summed E-state index contributed by atoms with van der Waals surface area (Å²) in [6.45, 7) is 6.56. The van der Waals surface area contributed by atoms with Gasteiger partial charge in [0, 0.05) is 19.3 Å². The predicted molar refractivity (Wildman–Crippen MR) is 279 cm³/mol. The number of carbonyl (C=O) groups is 3. The Morgan fingerprint density at radius 3 is 0.938 bits per heavy atom. The Morgan fingerprint density at radius 2 is 0.600 bits per heavy atom. The van der Waals surface area contributed by atoms with Crippen LogP contribution in [0.4, 0.5) is 0 Å². The quantitative estimate of drug-likeness (QED) is 0.0262. The van der Waals surface area contributed by atoms with Crippen LogP contribution < -0.4 is 0 Å². The van der Waals surface area contributed by atoms with Gasteiger partial charge >= 0.3 is 17.9 Å². The maximum Gasteiger partial charge on any atom is 0.306 e. The van der Waals surface area contributed by atoms with Gasteiger partial charge in [-0.1, -0.05) is 269 Å². The topological polar surface area (TPSA) is 78.9 Å². The lowest BCUT2D eigenvalue weighted by Crippen LogP contribution is -2.30. The number of hydrogen-bond donors (Lipinski definition) is 0. The molecule has 6 nitrogen and oxygen atoms in total. The highest BCUT2D eigenvalue weighted by molar-refractivity contribution is 5.71. The van der Waals surface area contributed by atoms with Gasteiger partial charge in [0.2, 0.25) is 0 Å². The number of carbonyl (C=O) groups excluding carboxylic acids is 3. The molecule has 0 spiro atoms. The minimum Gasteiger partial charge on any atom is -0.462 e. The van der Waals surface area contributed by atoms with Gasteiger partial charge in [0.05, 0.1) is 0 Å². The minimum atomic E-state index is -0.776. The van der Waals surface area contributed by atoms with Gasteiger partial charge in [0.15, 0.2) is 6.10 Å². The summed E-state index contributed by atoms with van der Waals surface area (Å²) >= 11 is 0. The third-order valence-corrected chi connectivity index (χ3v) is 12.7. The number of ether oxygens (including phenoxy) is 3. The van der Waals surface area contributed by atoms with E-state index >= 15 is 0 Å². The number of rotatable bonds is 52. The van der Waals surface area contributed by atoms with E-state index in [0.717, 1.165) is 96.3 Å². The van der Waals surface area contributed by atoms with Gasteiger partial charge in [-0.25, -0.2) is 0 Å². The van der Waals surface area contributed by atoms with Crippen molar-refractivity contribution < 1.29 is 28.6 Å². The first kappa shape index (κ1) is 62.6. The van der Waals surface area contributed by atoms with Crippen molar-refractivity contribution >= 4 is 17.9 Å². The van der Waals surface area contributed by atoms with Crippen molar-refractivity contribution in [3.8, 4) is 0 Å². The van der Waals surface area contributed by atoms with Gasteiger partial charge in [-0.15, -0.1) is 0 Å².